The molecule has 0 saturated carbocycles. The lowest BCUT2D eigenvalue weighted by Gasteiger charge is -2.22. The zero-order valence-corrected chi connectivity index (χ0v) is 12.2. The summed E-state index contributed by atoms with van der Waals surface area (Å²) in [6, 6.07) is 4.78. The highest BCUT2D eigenvalue weighted by molar-refractivity contribution is 7.99. The zero-order valence-electron chi connectivity index (χ0n) is 10.6. The van der Waals surface area contributed by atoms with Crippen LogP contribution in [0.2, 0.25) is 0 Å². The van der Waals surface area contributed by atoms with Crippen molar-refractivity contribution in [2.24, 2.45) is 0 Å². The van der Waals surface area contributed by atoms with E-state index < -0.39 is 0 Å². The monoisotopic (exact) mass is 298 g/mol. The van der Waals surface area contributed by atoms with Crippen molar-refractivity contribution in [3.8, 4) is 0 Å². The fraction of sp³-hybridized carbons (Fsp3) is 0.500. The predicted octanol–water partition coefficient (Wildman–Crippen LogP) is 4.20. The first kappa shape index (κ1) is 13.3. The number of alkyl halides is 1. The summed E-state index contributed by atoms with van der Waals surface area (Å²) in [5.41, 5.74) is 1.69. The number of hydrogen-bond acceptors (Lipinski definition) is 2. The van der Waals surface area contributed by atoms with Crippen LogP contribution in [0.3, 0.4) is 0 Å². The number of nitrogens with zero attached hydrogens (tertiary/aromatic N) is 2. The number of thioether (sulfide) groups is 1. The van der Waals surface area contributed by atoms with Crippen LogP contribution in [0.5, 0.6) is 0 Å². The fourth-order valence-corrected chi connectivity index (χ4v) is 4.11. The SMILES string of the molecule is Fc1ccc2c(c1)nc(CCl)n2CC1CCCCS1. The fourth-order valence-electron chi connectivity index (χ4n) is 2.61. The van der Waals surface area contributed by atoms with Gasteiger partial charge in [-0.2, -0.15) is 11.8 Å². The number of aromatic nitrogens is 2. The summed E-state index contributed by atoms with van der Waals surface area (Å²) in [7, 11) is 0. The van der Waals surface area contributed by atoms with Gasteiger partial charge in [-0.1, -0.05) is 6.42 Å². The highest BCUT2D eigenvalue weighted by Crippen LogP contribution is 2.28. The molecule has 0 N–H and O–H groups in total. The average Bonchev–Trinajstić information content (AvgIpc) is 2.77. The van der Waals surface area contributed by atoms with E-state index in [2.05, 4.69) is 9.55 Å². The Kier molecular flexibility index (Phi) is 3.99. The van der Waals surface area contributed by atoms with Gasteiger partial charge in [0.2, 0.25) is 0 Å². The third kappa shape index (κ3) is 2.75. The topological polar surface area (TPSA) is 17.8 Å². The Bertz CT molecular complexity index is 578. The van der Waals surface area contributed by atoms with Crippen LogP contribution in [0.1, 0.15) is 25.1 Å². The lowest BCUT2D eigenvalue weighted by atomic mass is 10.2. The lowest BCUT2D eigenvalue weighted by Crippen LogP contribution is -2.18. The second-order valence-electron chi connectivity index (χ2n) is 4.89. The van der Waals surface area contributed by atoms with Gasteiger partial charge >= 0.3 is 0 Å². The Morgan fingerprint density at radius 2 is 2.32 bits per heavy atom. The molecule has 1 saturated heterocycles. The third-order valence-corrected chi connectivity index (χ3v) is 5.19. The molecule has 19 heavy (non-hydrogen) atoms. The third-order valence-electron chi connectivity index (χ3n) is 3.57. The van der Waals surface area contributed by atoms with Crippen molar-refractivity contribution < 1.29 is 4.39 Å². The Labute approximate surface area is 121 Å². The molecule has 3 rings (SSSR count). The van der Waals surface area contributed by atoms with Crippen LogP contribution in [-0.4, -0.2) is 20.6 Å². The van der Waals surface area contributed by atoms with Crippen LogP contribution in [0.15, 0.2) is 18.2 Å². The Balaban J connectivity index is 1.95. The van der Waals surface area contributed by atoms with E-state index in [0.717, 1.165) is 17.9 Å². The molecule has 0 aliphatic carbocycles. The summed E-state index contributed by atoms with van der Waals surface area (Å²) >= 11 is 8.00. The summed E-state index contributed by atoms with van der Waals surface area (Å²) in [5, 5.41) is 0.623. The van der Waals surface area contributed by atoms with Crippen LogP contribution in [0, 0.1) is 5.82 Å². The van der Waals surface area contributed by atoms with Gasteiger partial charge in [0.15, 0.2) is 0 Å². The first-order valence-corrected chi connectivity index (χ1v) is 8.18. The molecule has 1 aliphatic heterocycles. The summed E-state index contributed by atoms with van der Waals surface area (Å²) in [5.74, 6) is 2.20. The molecule has 1 aromatic carbocycles. The molecular formula is C14H16ClFN2S. The van der Waals surface area contributed by atoms with Gasteiger partial charge in [0, 0.05) is 17.9 Å². The molecule has 0 radical (unpaired) electrons. The molecule has 2 aromatic rings. The van der Waals surface area contributed by atoms with Crippen LogP contribution >= 0.6 is 23.4 Å². The number of rotatable bonds is 3. The van der Waals surface area contributed by atoms with E-state index in [1.807, 2.05) is 11.8 Å². The number of imidazole rings is 1. The van der Waals surface area contributed by atoms with Crippen molar-refractivity contribution in [2.75, 3.05) is 5.75 Å². The number of halogens is 2. The molecule has 2 heterocycles. The molecule has 5 heteroatoms. The highest BCUT2D eigenvalue weighted by Gasteiger charge is 2.18. The Morgan fingerprint density at radius 1 is 1.42 bits per heavy atom. The molecule has 0 amide bonds. The number of fused-ring (bicyclic) bond motifs is 1. The van der Waals surface area contributed by atoms with Gasteiger partial charge in [-0.05, 0) is 30.7 Å². The minimum atomic E-state index is -0.245. The summed E-state index contributed by atoms with van der Waals surface area (Å²) in [6.45, 7) is 0.925. The highest BCUT2D eigenvalue weighted by atomic mass is 35.5. The number of benzene rings is 1. The van der Waals surface area contributed by atoms with E-state index in [-0.39, 0.29) is 5.82 Å². The quantitative estimate of drug-likeness (QED) is 0.790. The molecule has 0 bridgehead atoms. The van der Waals surface area contributed by atoms with Crippen molar-refractivity contribution in [3.63, 3.8) is 0 Å². The van der Waals surface area contributed by atoms with Gasteiger partial charge < -0.3 is 4.57 Å². The zero-order chi connectivity index (χ0) is 13.2. The van der Waals surface area contributed by atoms with Gasteiger partial charge in [0.1, 0.15) is 11.6 Å². The van der Waals surface area contributed by atoms with Crippen LogP contribution in [0.25, 0.3) is 11.0 Å². The van der Waals surface area contributed by atoms with Gasteiger partial charge in [0.05, 0.1) is 16.9 Å². The maximum absolute atomic E-state index is 13.3. The van der Waals surface area contributed by atoms with Crippen molar-refractivity contribution in [1.82, 2.24) is 9.55 Å². The number of hydrogen-bond donors (Lipinski definition) is 0. The largest absolute Gasteiger partial charge is 0.326 e. The molecular weight excluding hydrogens is 283 g/mol. The minimum absolute atomic E-state index is 0.245. The van der Waals surface area contributed by atoms with Gasteiger partial charge in [0.25, 0.3) is 0 Å². The van der Waals surface area contributed by atoms with Gasteiger partial charge in [-0.15, -0.1) is 11.6 Å². The molecule has 1 aliphatic rings. The smallest absolute Gasteiger partial charge is 0.125 e. The Hall–Kier alpha value is -0.740. The lowest BCUT2D eigenvalue weighted by molar-refractivity contribution is 0.581. The van der Waals surface area contributed by atoms with E-state index in [1.165, 1.54) is 37.1 Å². The molecule has 102 valence electrons. The maximum Gasteiger partial charge on any atom is 0.125 e. The maximum atomic E-state index is 13.3. The molecule has 1 aromatic heterocycles. The van der Waals surface area contributed by atoms with Crippen molar-refractivity contribution in [1.29, 1.82) is 0 Å². The standard InChI is InChI=1S/C14H16ClFN2S/c15-8-14-17-12-7-10(16)4-5-13(12)18(14)9-11-3-1-2-6-19-11/h4-5,7,11H,1-3,6,8-9H2. The van der Waals surface area contributed by atoms with E-state index in [0.29, 0.717) is 16.6 Å². The van der Waals surface area contributed by atoms with E-state index in [1.54, 1.807) is 6.07 Å². The van der Waals surface area contributed by atoms with Crippen molar-refractivity contribution >= 4 is 34.4 Å². The molecule has 2 nitrogen and oxygen atoms in total. The first-order chi connectivity index (χ1) is 9.28. The van der Waals surface area contributed by atoms with E-state index in [4.69, 9.17) is 11.6 Å². The molecule has 1 fully saturated rings. The van der Waals surface area contributed by atoms with Crippen LogP contribution in [0.4, 0.5) is 4.39 Å². The summed E-state index contributed by atoms with van der Waals surface area (Å²) in [4.78, 5) is 4.44. The van der Waals surface area contributed by atoms with Gasteiger partial charge in [-0.25, -0.2) is 9.37 Å². The van der Waals surface area contributed by atoms with E-state index in [9.17, 15) is 4.39 Å². The average molecular weight is 299 g/mol. The molecule has 1 unspecified atom stereocenters. The second kappa shape index (κ2) is 5.71. The van der Waals surface area contributed by atoms with Gasteiger partial charge in [-0.3, -0.25) is 0 Å². The van der Waals surface area contributed by atoms with Crippen LogP contribution in [-0.2, 0) is 12.4 Å². The van der Waals surface area contributed by atoms with Crippen molar-refractivity contribution in [3.05, 3.63) is 29.8 Å². The normalized spacial score (nSPS) is 20.0. The summed E-state index contributed by atoms with van der Waals surface area (Å²) in [6.07, 6.45) is 3.86. The van der Waals surface area contributed by atoms with Crippen LogP contribution < -0.4 is 0 Å². The van der Waals surface area contributed by atoms with E-state index >= 15 is 0 Å². The molecule has 1 atom stereocenters. The Morgan fingerprint density at radius 3 is 3.05 bits per heavy atom. The van der Waals surface area contributed by atoms with Crippen molar-refractivity contribution in [2.45, 2.75) is 36.9 Å². The summed E-state index contributed by atoms with van der Waals surface area (Å²) < 4.78 is 15.4. The predicted molar refractivity (Wildman–Crippen MR) is 79.3 cm³/mol. The minimum Gasteiger partial charge on any atom is -0.326 e. The second-order valence-corrected chi connectivity index (χ2v) is 6.57. The molecule has 0 spiro atoms. The first-order valence-electron chi connectivity index (χ1n) is 6.60.